The Morgan fingerprint density at radius 3 is 2.85 bits per heavy atom. The number of rotatable bonds is 2. The fourth-order valence-corrected chi connectivity index (χ4v) is 1.58. The van der Waals surface area contributed by atoms with E-state index in [1.54, 1.807) is 0 Å². The molecule has 0 spiro atoms. The molecule has 70 valence electrons. The Morgan fingerprint density at radius 1 is 1.62 bits per heavy atom. The van der Waals surface area contributed by atoms with Crippen molar-refractivity contribution in [2.45, 2.75) is 25.8 Å². The normalized spacial score (nSPS) is 21.0. The van der Waals surface area contributed by atoms with Gasteiger partial charge < -0.3 is 10.4 Å². The van der Waals surface area contributed by atoms with E-state index in [4.69, 9.17) is 5.53 Å². The van der Waals surface area contributed by atoms with Crippen molar-refractivity contribution >= 4 is 17.9 Å². The second-order valence-electron chi connectivity index (χ2n) is 3.02. The van der Waals surface area contributed by atoms with Crippen LogP contribution in [0.5, 0.6) is 0 Å². The first-order chi connectivity index (χ1) is 6.16. The van der Waals surface area contributed by atoms with Crippen molar-refractivity contribution in [3.05, 3.63) is 5.53 Å². The molecule has 1 amide bonds. The Morgan fingerprint density at radius 2 is 2.31 bits per heavy atom. The van der Waals surface area contributed by atoms with Crippen molar-refractivity contribution in [1.82, 2.24) is 4.90 Å². The number of amides is 1. The first kappa shape index (κ1) is 9.61. The van der Waals surface area contributed by atoms with Crippen molar-refractivity contribution in [2.24, 2.45) is 0 Å². The fraction of sp³-hybridized carbons (Fsp3) is 0.625. The molecule has 0 N–H and O–H groups in total. The van der Waals surface area contributed by atoms with E-state index in [9.17, 15) is 9.59 Å². The minimum Gasteiger partial charge on any atom is -0.361 e. The lowest BCUT2D eigenvalue weighted by Gasteiger charge is -2.18. The van der Waals surface area contributed by atoms with E-state index in [1.807, 2.05) is 0 Å². The van der Waals surface area contributed by atoms with Crippen LogP contribution in [-0.2, 0) is 9.59 Å². The monoisotopic (exact) mass is 181 g/mol. The molecule has 1 atom stereocenters. The number of carbonyl (C=O) groups excluding carboxylic acids is 2. The summed E-state index contributed by atoms with van der Waals surface area (Å²) in [7, 11) is 0. The van der Waals surface area contributed by atoms with Gasteiger partial charge in [0.1, 0.15) is 6.04 Å². The van der Waals surface area contributed by atoms with E-state index in [2.05, 4.69) is 4.79 Å². The van der Waals surface area contributed by atoms with Gasteiger partial charge in [0.15, 0.2) is 0 Å². The zero-order valence-corrected chi connectivity index (χ0v) is 7.43. The molecule has 13 heavy (non-hydrogen) atoms. The molecule has 0 saturated carbocycles. The van der Waals surface area contributed by atoms with Gasteiger partial charge in [-0.15, -0.1) is 0 Å². The lowest BCUT2D eigenvalue weighted by Crippen LogP contribution is -2.39. The molecule has 1 aliphatic rings. The van der Waals surface area contributed by atoms with Crippen molar-refractivity contribution in [2.75, 3.05) is 6.54 Å². The molecule has 0 aromatic rings. The number of Topliss-reactive ketones (excluding diaryl/α,β-unsaturated/α-hetero) is 1. The van der Waals surface area contributed by atoms with Gasteiger partial charge in [0.2, 0.25) is 5.91 Å². The van der Waals surface area contributed by atoms with Gasteiger partial charge in [-0.1, -0.05) is 0 Å². The van der Waals surface area contributed by atoms with Crippen LogP contribution in [0, 0.1) is 0 Å². The standard InChI is InChI=1S/C8H11N3O2/c1-6(12)11-4-2-3-7(11)8(13)5-10-9/h5,7H,2-4H2,1H3. The first-order valence-electron chi connectivity index (χ1n) is 4.15. The third-order valence-electron chi connectivity index (χ3n) is 2.17. The van der Waals surface area contributed by atoms with Gasteiger partial charge >= 0.3 is 6.21 Å². The number of hydrogen-bond acceptors (Lipinski definition) is 2. The molecule has 0 aromatic heterocycles. The molecule has 1 aliphatic heterocycles. The van der Waals surface area contributed by atoms with E-state index in [1.165, 1.54) is 11.8 Å². The molecule has 1 rings (SSSR count). The smallest absolute Gasteiger partial charge is 0.325 e. The van der Waals surface area contributed by atoms with Gasteiger partial charge in [-0.05, 0) is 12.8 Å². The van der Waals surface area contributed by atoms with Crippen LogP contribution in [0.25, 0.3) is 5.53 Å². The molecule has 5 heteroatoms. The largest absolute Gasteiger partial charge is 0.361 e. The van der Waals surface area contributed by atoms with Gasteiger partial charge in [0.25, 0.3) is 5.78 Å². The maximum Gasteiger partial charge on any atom is 0.325 e. The van der Waals surface area contributed by atoms with Crippen molar-refractivity contribution in [3.8, 4) is 0 Å². The van der Waals surface area contributed by atoms with Crippen molar-refractivity contribution < 1.29 is 14.4 Å². The molecule has 5 nitrogen and oxygen atoms in total. The molecule has 0 aliphatic carbocycles. The van der Waals surface area contributed by atoms with Crippen LogP contribution in [0.4, 0.5) is 0 Å². The Balaban J connectivity index is 2.73. The molecule has 0 radical (unpaired) electrons. The lowest BCUT2D eigenvalue weighted by atomic mass is 10.1. The average Bonchev–Trinajstić information content (AvgIpc) is 2.52. The van der Waals surface area contributed by atoms with Crippen LogP contribution in [0.2, 0.25) is 0 Å². The Bertz CT molecular complexity index is 281. The van der Waals surface area contributed by atoms with Gasteiger partial charge in [0.05, 0.1) is 0 Å². The Hall–Kier alpha value is -1.48. The predicted octanol–water partition coefficient (Wildman–Crippen LogP) is -0.133. The van der Waals surface area contributed by atoms with Crippen LogP contribution in [0.15, 0.2) is 0 Å². The Kier molecular flexibility index (Phi) is 2.93. The first-order valence-corrected chi connectivity index (χ1v) is 4.15. The molecule has 0 bridgehead atoms. The van der Waals surface area contributed by atoms with E-state index in [-0.39, 0.29) is 11.7 Å². The molecular weight excluding hydrogens is 170 g/mol. The highest BCUT2D eigenvalue weighted by Crippen LogP contribution is 2.17. The van der Waals surface area contributed by atoms with Gasteiger partial charge in [-0.2, -0.15) is 4.79 Å². The van der Waals surface area contributed by atoms with E-state index < -0.39 is 6.04 Å². The minimum atomic E-state index is -0.423. The molecule has 1 unspecified atom stereocenters. The topological polar surface area (TPSA) is 73.8 Å². The molecule has 1 heterocycles. The number of likely N-dealkylation sites (tertiary alicyclic amines) is 1. The molecule has 0 aromatic carbocycles. The summed E-state index contributed by atoms with van der Waals surface area (Å²) in [5.74, 6) is -0.419. The minimum absolute atomic E-state index is 0.109. The molecule has 1 saturated heterocycles. The zero-order valence-electron chi connectivity index (χ0n) is 7.43. The summed E-state index contributed by atoms with van der Waals surface area (Å²) in [6, 6.07) is -0.423. The van der Waals surface area contributed by atoms with Crippen LogP contribution in [0.1, 0.15) is 19.8 Å². The summed E-state index contributed by atoms with van der Waals surface area (Å²) >= 11 is 0. The highest BCUT2D eigenvalue weighted by atomic mass is 16.2. The quantitative estimate of drug-likeness (QED) is 0.338. The molecular formula is C8H11N3O2. The maximum atomic E-state index is 11.3. The van der Waals surface area contributed by atoms with Crippen LogP contribution in [0.3, 0.4) is 0 Å². The van der Waals surface area contributed by atoms with Gasteiger partial charge in [-0.3, -0.25) is 9.59 Å². The fourth-order valence-electron chi connectivity index (χ4n) is 1.58. The number of carbonyl (C=O) groups is 2. The summed E-state index contributed by atoms with van der Waals surface area (Å²) in [5, 5.41) is 0. The van der Waals surface area contributed by atoms with Gasteiger partial charge in [-0.25, -0.2) is 0 Å². The van der Waals surface area contributed by atoms with Crippen LogP contribution < -0.4 is 0 Å². The predicted molar refractivity (Wildman–Crippen MR) is 45.1 cm³/mol. The van der Waals surface area contributed by atoms with E-state index >= 15 is 0 Å². The second kappa shape index (κ2) is 3.96. The highest BCUT2D eigenvalue weighted by Gasteiger charge is 2.32. The number of ketones is 1. The maximum absolute atomic E-state index is 11.3. The third kappa shape index (κ3) is 2.00. The lowest BCUT2D eigenvalue weighted by molar-refractivity contribution is -0.134. The molecule has 1 fully saturated rings. The van der Waals surface area contributed by atoms with E-state index in [0.717, 1.165) is 12.6 Å². The number of hydrogen-bond donors (Lipinski definition) is 0. The summed E-state index contributed by atoms with van der Waals surface area (Å²) in [4.78, 5) is 26.5. The van der Waals surface area contributed by atoms with Crippen LogP contribution >= 0.6 is 0 Å². The SMILES string of the molecule is CC(=O)N1CCCC1C(=O)C=[N+]=[N-]. The third-order valence-corrected chi connectivity index (χ3v) is 2.17. The zero-order chi connectivity index (χ0) is 9.84. The second-order valence-corrected chi connectivity index (χ2v) is 3.02. The highest BCUT2D eigenvalue weighted by molar-refractivity contribution is 6.28. The summed E-state index contributed by atoms with van der Waals surface area (Å²) in [6.45, 7) is 2.05. The van der Waals surface area contributed by atoms with Gasteiger partial charge in [0, 0.05) is 13.5 Å². The summed E-state index contributed by atoms with van der Waals surface area (Å²) < 4.78 is 0. The van der Waals surface area contributed by atoms with Crippen molar-refractivity contribution in [1.29, 1.82) is 0 Å². The van der Waals surface area contributed by atoms with E-state index in [0.29, 0.717) is 13.0 Å². The van der Waals surface area contributed by atoms with Crippen LogP contribution in [-0.4, -0.2) is 40.2 Å². The summed E-state index contributed by atoms with van der Waals surface area (Å²) in [5.41, 5.74) is 8.17. The van der Waals surface area contributed by atoms with Crippen molar-refractivity contribution in [3.63, 3.8) is 0 Å². The Labute approximate surface area is 76.0 Å². The number of nitrogens with zero attached hydrogens (tertiary/aromatic N) is 3. The summed E-state index contributed by atoms with van der Waals surface area (Å²) in [6.07, 6.45) is 2.34. The average molecular weight is 181 g/mol.